The molecular formula is C18H20N2O6S. The van der Waals surface area contributed by atoms with E-state index in [0.717, 1.165) is 6.26 Å². The minimum atomic E-state index is -3.29. The maximum atomic E-state index is 12.4. The number of aromatic nitrogens is 1. The van der Waals surface area contributed by atoms with Crippen LogP contribution in [0.4, 0.5) is 4.79 Å². The quantitative estimate of drug-likeness (QED) is 0.850. The Hall–Kier alpha value is -2.81. The van der Waals surface area contributed by atoms with Gasteiger partial charge in [0.25, 0.3) is 5.56 Å². The zero-order chi connectivity index (χ0) is 19.6. The minimum absolute atomic E-state index is 0.134. The predicted octanol–water partition coefficient (Wildman–Crippen LogP) is 1.76. The Morgan fingerprint density at radius 1 is 1.15 bits per heavy atom. The highest BCUT2D eigenvalue weighted by atomic mass is 32.2. The lowest BCUT2D eigenvalue weighted by molar-refractivity contribution is 0.0893. The van der Waals surface area contributed by atoms with E-state index >= 15 is 0 Å². The van der Waals surface area contributed by atoms with Gasteiger partial charge in [0, 0.05) is 50.1 Å². The van der Waals surface area contributed by atoms with Crippen LogP contribution in [0.5, 0.6) is 5.75 Å². The molecule has 8 nitrogen and oxygen atoms in total. The van der Waals surface area contributed by atoms with Gasteiger partial charge in [0.15, 0.2) is 9.84 Å². The fourth-order valence-electron chi connectivity index (χ4n) is 2.96. The summed E-state index contributed by atoms with van der Waals surface area (Å²) in [6.45, 7) is 0.813. The van der Waals surface area contributed by atoms with Crippen LogP contribution in [0.15, 0.2) is 52.3 Å². The van der Waals surface area contributed by atoms with Gasteiger partial charge in [0.2, 0.25) is 0 Å². The molecule has 1 saturated heterocycles. The van der Waals surface area contributed by atoms with Crippen LogP contribution < -0.4 is 10.3 Å². The molecule has 1 aliphatic rings. The summed E-state index contributed by atoms with van der Waals surface area (Å²) in [6, 6.07) is 9.08. The largest absolute Gasteiger partial charge is 0.490 e. The molecule has 0 radical (unpaired) electrons. The topological polar surface area (TPSA) is 106 Å². The van der Waals surface area contributed by atoms with Crippen molar-refractivity contribution in [1.82, 2.24) is 9.47 Å². The predicted molar refractivity (Wildman–Crippen MR) is 98.4 cm³/mol. The average molecular weight is 392 g/mol. The Balaban J connectivity index is 1.71. The maximum Gasteiger partial charge on any atom is 0.407 e. The van der Waals surface area contributed by atoms with E-state index in [1.165, 1.54) is 27.7 Å². The van der Waals surface area contributed by atoms with Gasteiger partial charge in [-0.3, -0.25) is 9.36 Å². The highest BCUT2D eigenvalue weighted by Crippen LogP contribution is 2.19. The van der Waals surface area contributed by atoms with Gasteiger partial charge in [-0.2, -0.15) is 0 Å². The number of likely N-dealkylation sites (tertiary alicyclic amines) is 1. The molecule has 0 aliphatic carbocycles. The first-order chi connectivity index (χ1) is 12.7. The molecule has 0 unspecified atom stereocenters. The van der Waals surface area contributed by atoms with Crippen molar-refractivity contribution in [2.75, 3.05) is 19.3 Å². The van der Waals surface area contributed by atoms with Crippen molar-refractivity contribution in [3.05, 3.63) is 52.9 Å². The number of rotatable bonds is 4. The van der Waals surface area contributed by atoms with Crippen molar-refractivity contribution < 1.29 is 23.1 Å². The number of carboxylic acid groups (broad SMARTS) is 1. The highest BCUT2D eigenvalue weighted by Gasteiger charge is 2.23. The minimum Gasteiger partial charge on any atom is -0.490 e. The third-order valence-corrected chi connectivity index (χ3v) is 5.58. The van der Waals surface area contributed by atoms with Crippen LogP contribution in [0.1, 0.15) is 12.8 Å². The average Bonchev–Trinajstić information content (AvgIpc) is 2.62. The van der Waals surface area contributed by atoms with E-state index in [1.807, 2.05) is 0 Å². The Bertz CT molecular complexity index is 989. The highest BCUT2D eigenvalue weighted by molar-refractivity contribution is 7.90. The van der Waals surface area contributed by atoms with Gasteiger partial charge in [-0.25, -0.2) is 13.2 Å². The van der Waals surface area contributed by atoms with E-state index in [4.69, 9.17) is 9.84 Å². The molecule has 0 atom stereocenters. The molecule has 1 aromatic heterocycles. The summed E-state index contributed by atoms with van der Waals surface area (Å²) in [6.07, 6.45) is 2.77. The summed E-state index contributed by atoms with van der Waals surface area (Å²) >= 11 is 0. The monoisotopic (exact) mass is 392 g/mol. The zero-order valence-corrected chi connectivity index (χ0v) is 15.6. The van der Waals surface area contributed by atoms with Crippen molar-refractivity contribution >= 4 is 15.9 Å². The van der Waals surface area contributed by atoms with E-state index in [9.17, 15) is 18.0 Å². The first kappa shape index (κ1) is 19.0. The second kappa shape index (κ2) is 7.43. The van der Waals surface area contributed by atoms with Gasteiger partial charge in [-0.05, 0) is 30.3 Å². The smallest absolute Gasteiger partial charge is 0.407 e. The maximum absolute atomic E-state index is 12.4. The van der Waals surface area contributed by atoms with Crippen LogP contribution in [0.3, 0.4) is 0 Å². The SMILES string of the molecule is CS(=O)(=O)c1ccc(-n2ccc(OC3CCN(C(=O)O)CC3)cc2=O)cc1. The van der Waals surface area contributed by atoms with Crippen LogP contribution in [0.25, 0.3) is 5.69 Å². The van der Waals surface area contributed by atoms with Crippen LogP contribution in [-0.2, 0) is 9.84 Å². The molecule has 2 aromatic rings. The summed E-state index contributed by atoms with van der Waals surface area (Å²) in [7, 11) is -3.29. The molecule has 1 aliphatic heterocycles. The molecule has 0 spiro atoms. The lowest BCUT2D eigenvalue weighted by Gasteiger charge is -2.30. The van der Waals surface area contributed by atoms with Crippen LogP contribution in [0.2, 0.25) is 0 Å². The van der Waals surface area contributed by atoms with Crippen molar-refractivity contribution in [2.45, 2.75) is 23.8 Å². The number of piperidine rings is 1. The van der Waals surface area contributed by atoms with Crippen LogP contribution >= 0.6 is 0 Å². The van der Waals surface area contributed by atoms with Gasteiger partial charge >= 0.3 is 6.09 Å². The Labute approximate surface area is 156 Å². The lowest BCUT2D eigenvalue weighted by Crippen LogP contribution is -2.41. The second-order valence-electron chi connectivity index (χ2n) is 6.42. The fourth-order valence-corrected chi connectivity index (χ4v) is 3.59. The third-order valence-electron chi connectivity index (χ3n) is 4.45. The van der Waals surface area contributed by atoms with Crippen LogP contribution in [-0.4, -0.2) is 54.5 Å². The zero-order valence-electron chi connectivity index (χ0n) is 14.7. The molecule has 1 amide bonds. The fraction of sp³-hybridized carbons (Fsp3) is 0.333. The van der Waals surface area contributed by atoms with E-state index in [-0.39, 0.29) is 16.6 Å². The van der Waals surface area contributed by atoms with Gasteiger partial charge in [0.05, 0.1) is 4.90 Å². The van der Waals surface area contributed by atoms with E-state index in [0.29, 0.717) is 37.4 Å². The van der Waals surface area contributed by atoms with Gasteiger partial charge in [-0.1, -0.05) is 0 Å². The standard InChI is InChI=1S/C18H20N2O6S/c1-27(24,25)16-4-2-13(3-5-16)20-11-8-15(12-17(20)21)26-14-6-9-19(10-7-14)18(22)23/h2-5,8,11-12,14H,6-7,9-10H2,1H3,(H,22,23). The van der Waals surface area contributed by atoms with Gasteiger partial charge in [-0.15, -0.1) is 0 Å². The summed E-state index contributed by atoms with van der Waals surface area (Å²) in [5.74, 6) is 0.429. The molecule has 1 N–H and O–H groups in total. The number of hydrogen-bond donors (Lipinski definition) is 1. The van der Waals surface area contributed by atoms with Gasteiger partial charge in [0.1, 0.15) is 11.9 Å². The number of hydrogen-bond acceptors (Lipinski definition) is 5. The Morgan fingerprint density at radius 3 is 2.30 bits per heavy atom. The molecule has 0 saturated carbocycles. The van der Waals surface area contributed by atoms with E-state index in [1.54, 1.807) is 24.4 Å². The summed E-state index contributed by atoms with van der Waals surface area (Å²) in [5, 5.41) is 8.96. The molecular weight excluding hydrogens is 372 g/mol. The van der Waals surface area contributed by atoms with Crippen molar-refractivity contribution in [3.8, 4) is 11.4 Å². The summed E-state index contributed by atoms with van der Waals surface area (Å²) in [4.78, 5) is 24.8. The number of ether oxygens (including phenoxy) is 1. The number of carbonyl (C=O) groups is 1. The number of amides is 1. The van der Waals surface area contributed by atoms with Crippen LogP contribution in [0, 0.1) is 0 Å². The molecule has 1 fully saturated rings. The first-order valence-electron chi connectivity index (χ1n) is 8.42. The molecule has 1 aromatic carbocycles. The van der Waals surface area contributed by atoms with Crippen molar-refractivity contribution in [2.24, 2.45) is 0 Å². The summed E-state index contributed by atoms with van der Waals surface area (Å²) < 4.78 is 30.2. The number of pyridine rings is 1. The molecule has 2 heterocycles. The molecule has 3 rings (SSSR count). The molecule has 0 bridgehead atoms. The third kappa shape index (κ3) is 4.48. The van der Waals surface area contributed by atoms with E-state index in [2.05, 4.69) is 0 Å². The number of sulfone groups is 1. The second-order valence-corrected chi connectivity index (χ2v) is 8.44. The molecule has 27 heavy (non-hydrogen) atoms. The lowest BCUT2D eigenvalue weighted by atomic mass is 10.1. The molecule has 9 heteroatoms. The molecule has 144 valence electrons. The van der Waals surface area contributed by atoms with Crippen molar-refractivity contribution in [1.29, 1.82) is 0 Å². The first-order valence-corrected chi connectivity index (χ1v) is 10.3. The van der Waals surface area contributed by atoms with Gasteiger partial charge < -0.3 is 14.7 Å². The number of benzene rings is 1. The Kier molecular flexibility index (Phi) is 5.22. The number of nitrogens with zero attached hydrogens (tertiary/aromatic N) is 2. The van der Waals surface area contributed by atoms with E-state index < -0.39 is 15.9 Å². The Morgan fingerprint density at radius 2 is 1.78 bits per heavy atom. The van der Waals surface area contributed by atoms with Crippen molar-refractivity contribution in [3.63, 3.8) is 0 Å². The normalized spacial score (nSPS) is 15.5. The summed E-state index contributed by atoms with van der Waals surface area (Å²) in [5.41, 5.74) is 0.247.